The van der Waals surface area contributed by atoms with Gasteiger partial charge in [0.05, 0.1) is 24.1 Å². The topological polar surface area (TPSA) is 57.0 Å². The molecule has 0 saturated heterocycles. The maximum atomic E-state index is 13.7. The maximum absolute atomic E-state index is 13.7. The molecule has 0 atom stereocenters. The Bertz CT molecular complexity index is 1040. The van der Waals surface area contributed by atoms with Crippen molar-refractivity contribution in [3.05, 3.63) is 85.8 Å². The number of nitrogens with zero attached hydrogens (tertiary/aromatic N) is 3. The molecule has 0 fully saturated rings. The van der Waals surface area contributed by atoms with Gasteiger partial charge in [-0.1, -0.05) is 0 Å². The molecule has 0 aliphatic rings. The van der Waals surface area contributed by atoms with Gasteiger partial charge >= 0.3 is 0 Å². The van der Waals surface area contributed by atoms with Gasteiger partial charge in [-0.2, -0.15) is 0 Å². The highest BCUT2D eigenvalue weighted by Crippen LogP contribution is 2.24. The highest BCUT2D eigenvalue weighted by molar-refractivity contribution is 9.10. The van der Waals surface area contributed by atoms with Gasteiger partial charge in [0.25, 0.3) is 5.56 Å². The lowest BCUT2D eigenvalue weighted by molar-refractivity contribution is 0.295. The van der Waals surface area contributed by atoms with Gasteiger partial charge in [0.15, 0.2) is 0 Å². The van der Waals surface area contributed by atoms with Crippen molar-refractivity contribution < 1.29 is 13.5 Å². The highest BCUT2D eigenvalue weighted by atomic mass is 79.9. The van der Waals surface area contributed by atoms with Crippen molar-refractivity contribution in [2.45, 2.75) is 27.0 Å². The van der Waals surface area contributed by atoms with Crippen LogP contribution in [0.15, 0.2) is 45.9 Å². The van der Waals surface area contributed by atoms with Crippen molar-refractivity contribution >= 4 is 15.9 Å². The van der Waals surface area contributed by atoms with Crippen LogP contribution in [0.3, 0.4) is 0 Å². The van der Waals surface area contributed by atoms with E-state index in [4.69, 9.17) is 4.74 Å². The van der Waals surface area contributed by atoms with Crippen molar-refractivity contribution in [3.8, 4) is 5.75 Å². The summed E-state index contributed by atoms with van der Waals surface area (Å²) in [6.45, 7) is 3.74. The van der Waals surface area contributed by atoms with Crippen LogP contribution in [-0.4, -0.2) is 14.5 Å². The summed E-state index contributed by atoms with van der Waals surface area (Å²) < 4.78 is 34.1. The second-order valence-electron chi connectivity index (χ2n) is 6.03. The van der Waals surface area contributed by atoms with Gasteiger partial charge < -0.3 is 9.30 Å². The molecule has 2 aromatic heterocycles. The third-order valence-corrected chi connectivity index (χ3v) is 4.70. The number of pyridine rings is 1. The Balaban J connectivity index is 1.83. The van der Waals surface area contributed by atoms with E-state index in [1.54, 1.807) is 25.4 Å². The molecule has 8 heteroatoms. The number of ether oxygens (including phenoxy) is 1. The van der Waals surface area contributed by atoms with Crippen LogP contribution in [-0.2, 0) is 13.2 Å². The standard InChI is InChI=1S/C19H16BrF2N3O2/c1-11-7-24-15(8-23-11)9-25-12(2)5-17(18(20)19(25)26)27-10-13-3-4-14(21)6-16(13)22/h3-8H,9-10H2,1-2H3. The fourth-order valence-electron chi connectivity index (χ4n) is 2.47. The van der Waals surface area contributed by atoms with Crippen LogP contribution in [0.25, 0.3) is 0 Å². The van der Waals surface area contributed by atoms with Gasteiger partial charge in [-0.25, -0.2) is 8.78 Å². The first kappa shape index (κ1) is 19.2. The minimum atomic E-state index is -0.700. The molecule has 0 radical (unpaired) electrons. The Morgan fingerprint density at radius 1 is 1.15 bits per heavy atom. The summed E-state index contributed by atoms with van der Waals surface area (Å²) in [5.41, 5.74) is 1.99. The summed E-state index contributed by atoms with van der Waals surface area (Å²) in [5, 5.41) is 0. The first-order valence-corrected chi connectivity index (χ1v) is 8.88. The molecule has 0 N–H and O–H groups in total. The fraction of sp³-hybridized carbons (Fsp3) is 0.211. The van der Waals surface area contributed by atoms with Gasteiger partial charge in [0, 0.05) is 29.6 Å². The summed E-state index contributed by atoms with van der Waals surface area (Å²) in [4.78, 5) is 21.1. The number of aryl methyl sites for hydroxylation is 2. The van der Waals surface area contributed by atoms with Crippen LogP contribution in [0.4, 0.5) is 8.78 Å². The zero-order valence-corrected chi connectivity index (χ0v) is 16.3. The number of halogens is 3. The average Bonchev–Trinajstić information content (AvgIpc) is 2.63. The lowest BCUT2D eigenvalue weighted by Gasteiger charge is -2.14. The molecule has 3 aromatic rings. The summed E-state index contributed by atoms with van der Waals surface area (Å²) in [6.07, 6.45) is 3.26. The molecule has 0 aliphatic carbocycles. The van der Waals surface area contributed by atoms with E-state index in [1.807, 2.05) is 6.92 Å². The third-order valence-electron chi connectivity index (χ3n) is 3.97. The van der Waals surface area contributed by atoms with Gasteiger partial charge in [0.1, 0.15) is 28.5 Å². The smallest absolute Gasteiger partial charge is 0.269 e. The molecule has 5 nitrogen and oxygen atoms in total. The SMILES string of the molecule is Cc1cnc(Cn2c(C)cc(OCc3ccc(F)cc3F)c(Br)c2=O)cn1. The van der Waals surface area contributed by atoms with Crippen molar-refractivity contribution in [1.82, 2.24) is 14.5 Å². The van der Waals surface area contributed by atoms with Crippen molar-refractivity contribution in [1.29, 1.82) is 0 Å². The number of aromatic nitrogens is 3. The fourth-order valence-corrected chi connectivity index (χ4v) is 2.92. The minimum Gasteiger partial charge on any atom is -0.487 e. The van der Waals surface area contributed by atoms with E-state index in [9.17, 15) is 13.6 Å². The number of rotatable bonds is 5. The van der Waals surface area contributed by atoms with E-state index in [2.05, 4.69) is 25.9 Å². The Kier molecular flexibility index (Phi) is 5.65. The first-order chi connectivity index (χ1) is 12.8. The number of benzene rings is 1. The summed E-state index contributed by atoms with van der Waals surface area (Å²) in [7, 11) is 0. The molecule has 1 aromatic carbocycles. The molecular formula is C19H16BrF2N3O2. The molecule has 3 rings (SSSR count). The number of hydrogen-bond donors (Lipinski definition) is 0. The van der Waals surface area contributed by atoms with Crippen molar-refractivity contribution in [2.24, 2.45) is 0 Å². The molecule has 2 heterocycles. The van der Waals surface area contributed by atoms with Crippen LogP contribution < -0.4 is 10.3 Å². The van der Waals surface area contributed by atoms with Crippen LogP contribution in [0, 0.1) is 25.5 Å². The maximum Gasteiger partial charge on any atom is 0.269 e. The van der Waals surface area contributed by atoms with E-state index < -0.39 is 11.6 Å². The first-order valence-electron chi connectivity index (χ1n) is 8.09. The van der Waals surface area contributed by atoms with Crippen LogP contribution >= 0.6 is 15.9 Å². The lowest BCUT2D eigenvalue weighted by Crippen LogP contribution is -2.24. The van der Waals surface area contributed by atoms with Gasteiger partial charge in [-0.05, 0) is 41.9 Å². The van der Waals surface area contributed by atoms with Crippen molar-refractivity contribution in [3.63, 3.8) is 0 Å². The third kappa shape index (κ3) is 4.39. The van der Waals surface area contributed by atoms with Crippen LogP contribution in [0.1, 0.15) is 22.6 Å². The molecule has 0 unspecified atom stereocenters. The summed E-state index contributed by atoms with van der Waals surface area (Å²) in [6, 6.07) is 4.93. The lowest BCUT2D eigenvalue weighted by atomic mass is 10.2. The van der Waals surface area contributed by atoms with Crippen LogP contribution in [0.2, 0.25) is 0 Å². The van der Waals surface area contributed by atoms with E-state index in [0.717, 1.165) is 17.8 Å². The summed E-state index contributed by atoms with van der Waals surface area (Å²) >= 11 is 3.25. The van der Waals surface area contributed by atoms with Gasteiger partial charge in [-0.3, -0.25) is 14.8 Å². The molecular weight excluding hydrogens is 420 g/mol. The zero-order valence-electron chi connectivity index (χ0n) is 14.7. The Labute approximate surface area is 162 Å². The predicted molar refractivity (Wildman–Crippen MR) is 99.7 cm³/mol. The Morgan fingerprint density at radius 2 is 1.93 bits per heavy atom. The van der Waals surface area contributed by atoms with E-state index in [0.29, 0.717) is 11.4 Å². The van der Waals surface area contributed by atoms with Gasteiger partial charge in [-0.15, -0.1) is 0 Å². The second-order valence-corrected chi connectivity index (χ2v) is 6.82. The van der Waals surface area contributed by atoms with Crippen LogP contribution in [0.5, 0.6) is 5.75 Å². The van der Waals surface area contributed by atoms with E-state index >= 15 is 0 Å². The van der Waals surface area contributed by atoms with Crippen molar-refractivity contribution in [2.75, 3.05) is 0 Å². The average molecular weight is 436 g/mol. The largest absolute Gasteiger partial charge is 0.487 e. The van der Waals surface area contributed by atoms with E-state index in [-0.39, 0.29) is 34.5 Å². The molecule has 0 aliphatic heterocycles. The van der Waals surface area contributed by atoms with Gasteiger partial charge in [0.2, 0.25) is 0 Å². The second kappa shape index (κ2) is 7.96. The molecule has 0 bridgehead atoms. The quantitative estimate of drug-likeness (QED) is 0.609. The molecule has 0 amide bonds. The normalized spacial score (nSPS) is 10.9. The minimum absolute atomic E-state index is 0.128. The molecule has 0 saturated carbocycles. The molecule has 27 heavy (non-hydrogen) atoms. The monoisotopic (exact) mass is 435 g/mol. The Hall–Kier alpha value is -2.61. The summed E-state index contributed by atoms with van der Waals surface area (Å²) in [5.74, 6) is -1.07. The highest BCUT2D eigenvalue weighted by Gasteiger charge is 2.14. The molecule has 140 valence electrons. The number of hydrogen-bond acceptors (Lipinski definition) is 4. The van der Waals surface area contributed by atoms with E-state index in [1.165, 1.54) is 10.6 Å². The zero-order chi connectivity index (χ0) is 19.6. The Morgan fingerprint density at radius 3 is 2.59 bits per heavy atom. The predicted octanol–water partition coefficient (Wildman–Crippen LogP) is 3.92. The molecule has 0 spiro atoms.